The van der Waals surface area contributed by atoms with Crippen LogP contribution in [0.15, 0.2) is 52.8 Å². The molecule has 0 spiro atoms. The molecule has 0 saturated carbocycles. The quantitative estimate of drug-likeness (QED) is 0.607. The number of thiophene rings is 1. The van der Waals surface area contributed by atoms with Crippen molar-refractivity contribution in [2.24, 2.45) is 0 Å². The molecule has 3 aromatic heterocycles. The molecule has 0 saturated heterocycles. The average Bonchev–Trinajstić information content (AvgIpc) is 3.15. The molecule has 0 unspecified atom stereocenters. The molecular weight excluding hydrogens is 330 g/mol. The van der Waals surface area contributed by atoms with E-state index in [9.17, 15) is 9.59 Å². The molecule has 0 aliphatic heterocycles. The summed E-state index contributed by atoms with van der Waals surface area (Å²) >= 11 is 2.70. The van der Waals surface area contributed by atoms with Crippen molar-refractivity contribution in [1.29, 1.82) is 0 Å². The fourth-order valence-corrected chi connectivity index (χ4v) is 4.24. The molecule has 114 valence electrons. The van der Waals surface area contributed by atoms with Crippen molar-refractivity contribution >= 4 is 49.2 Å². The number of fused-ring (bicyclic) bond motifs is 2. The van der Waals surface area contributed by atoms with E-state index < -0.39 is 6.03 Å². The Labute approximate surface area is 139 Å². The van der Waals surface area contributed by atoms with Gasteiger partial charge in [0.2, 0.25) is 0 Å². The summed E-state index contributed by atoms with van der Waals surface area (Å²) in [6.45, 7) is 0.386. The van der Waals surface area contributed by atoms with Crippen molar-refractivity contribution in [3.63, 3.8) is 0 Å². The van der Waals surface area contributed by atoms with E-state index in [4.69, 9.17) is 0 Å². The fourth-order valence-electron chi connectivity index (χ4n) is 2.41. The van der Waals surface area contributed by atoms with Crippen LogP contribution in [0.2, 0.25) is 0 Å². The van der Waals surface area contributed by atoms with Gasteiger partial charge in [0.15, 0.2) is 0 Å². The van der Waals surface area contributed by atoms with Crippen LogP contribution in [0.25, 0.3) is 20.3 Å². The largest absolute Gasteiger partial charge is 0.338 e. The molecular formula is C16H11N3O2S2. The number of carbonyl (C=O) groups excluding carboxylic acids is 1. The summed E-state index contributed by atoms with van der Waals surface area (Å²) in [5, 5.41) is 6.43. The highest BCUT2D eigenvalue weighted by Gasteiger charge is 2.14. The number of amides is 1. The second-order valence-electron chi connectivity index (χ2n) is 4.96. The minimum atomic E-state index is -0.423. The number of benzene rings is 1. The van der Waals surface area contributed by atoms with Gasteiger partial charge < -0.3 is 5.32 Å². The maximum absolute atomic E-state index is 12.3. The Morgan fingerprint density at radius 2 is 2.00 bits per heavy atom. The van der Waals surface area contributed by atoms with Crippen LogP contribution in [0, 0.1) is 0 Å². The Hall–Kier alpha value is -2.51. The molecule has 4 rings (SSSR count). The zero-order chi connectivity index (χ0) is 15.8. The zero-order valence-electron chi connectivity index (χ0n) is 11.9. The van der Waals surface area contributed by atoms with E-state index in [1.807, 2.05) is 29.6 Å². The lowest BCUT2D eigenvalue weighted by Crippen LogP contribution is -2.32. The molecule has 0 radical (unpaired) electrons. The molecule has 3 heterocycles. The molecule has 1 N–H and O–H groups in total. The van der Waals surface area contributed by atoms with Crippen LogP contribution >= 0.6 is 22.9 Å². The monoisotopic (exact) mass is 341 g/mol. The van der Waals surface area contributed by atoms with Gasteiger partial charge in [0, 0.05) is 17.4 Å². The minimum absolute atomic E-state index is 0.328. The number of pyridine rings is 1. The van der Waals surface area contributed by atoms with Crippen molar-refractivity contribution in [2.75, 3.05) is 0 Å². The predicted octanol–water partition coefficient (Wildman–Crippen LogP) is 3.43. The number of hydrogen-bond acceptors (Lipinski definition) is 5. The second kappa shape index (κ2) is 5.60. The molecule has 0 fully saturated rings. The third-order valence-electron chi connectivity index (χ3n) is 3.54. The van der Waals surface area contributed by atoms with E-state index >= 15 is 0 Å². The Morgan fingerprint density at radius 3 is 2.87 bits per heavy atom. The van der Waals surface area contributed by atoms with Gasteiger partial charge in [-0.25, -0.2) is 9.78 Å². The van der Waals surface area contributed by atoms with Crippen molar-refractivity contribution in [2.45, 2.75) is 6.54 Å². The molecule has 1 aromatic carbocycles. The Bertz CT molecular complexity index is 1080. The first-order valence-electron chi connectivity index (χ1n) is 6.94. The van der Waals surface area contributed by atoms with Crippen LogP contribution in [0.1, 0.15) is 5.56 Å². The van der Waals surface area contributed by atoms with E-state index in [0.717, 1.165) is 26.4 Å². The summed E-state index contributed by atoms with van der Waals surface area (Å²) in [6, 6.07) is 11.0. The number of nitrogens with one attached hydrogen (secondary N) is 1. The highest BCUT2D eigenvalue weighted by atomic mass is 32.1. The molecule has 0 aliphatic carbocycles. The van der Waals surface area contributed by atoms with E-state index in [-0.39, 0.29) is 5.56 Å². The van der Waals surface area contributed by atoms with Crippen LogP contribution in [-0.4, -0.2) is 15.0 Å². The minimum Gasteiger partial charge on any atom is -0.332 e. The van der Waals surface area contributed by atoms with Crippen LogP contribution in [0.3, 0.4) is 0 Å². The van der Waals surface area contributed by atoms with Gasteiger partial charge in [-0.05, 0) is 46.1 Å². The summed E-state index contributed by atoms with van der Waals surface area (Å²) in [4.78, 5) is 29.2. The molecule has 4 aromatic rings. The van der Waals surface area contributed by atoms with E-state index in [2.05, 4.69) is 10.3 Å². The lowest BCUT2D eigenvalue weighted by Gasteiger charge is -2.03. The highest BCUT2D eigenvalue weighted by Crippen LogP contribution is 2.25. The van der Waals surface area contributed by atoms with Crippen LogP contribution < -0.4 is 10.9 Å². The summed E-state index contributed by atoms with van der Waals surface area (Å²) < 4.78 is 2.30. The summed E-state index contributed by atoms with van der Waals surface area (Å²) in [6.07, 6.45) is 1.61. The van der Waals surface area contributed by atoms with E-state index in [1.54, 1.807) is 29.7 Å². The van der Waals surface area contributed by atoms with Gasteiger partial charge >= 0.3 is 6.03 Å². The van der Waals surface area contributed by atoms with Crippen molar-refractivity contribution in [3.8, 4) is 0 Å². The molecule has 1 amide bonds. The average molecular weight is 341 g/mol. The van der Waals surface area contributed by atoms with Crippen LogP contribution in [-0.2, 0) is 6.54 Å². The van der Waals surface area contributed by atoms with Crippen LogP contribution in [0.4, 0.5) is 4.79 Å². The smallest absolute Gasteiger partial charge is 0.332 e. The van der Waals surface area contributed by atoms with Gasteiger partial charge in [-0.15, -0.1) is 11.3 Å². The third-order valence-corrected chi connectivity index (χ3v) is 5.56. The van der Waals surface area contributed by atoms with E-state index in [1.165, 1.54) is 4.70 Å². The molecule has 23 heavy (non-hydrogen) atoms. The van der Waals surface area contributed by atoms with Crippen molar-refractivity contribution in [3.05, 3.63) is 63.9 Å². The summed E-state index contributed by atoms with van der Waals surface area (Å²) in [7, 11) is 0. The summed E-state index contributed by atoms with van der Waals surface area (Å²) in [5.41, 5.74) is 0.719. The SMILES string of the molecule is O=C(NCc1csc2ccccc12)n1sc2ncccc2c1=O. The van der Waals surface area contributed by atoms with Gasteiger partial charge in [0.1, 0.15) is 4.83 Å². The zero-order valence-corrected chi connectivity index (χ0v) is 13.5. The number of nitrogens with zero attached hydrogens (tertiary/aromatic N) is 2. The van der Waals surface area contributed by atoms with Crippen molar-refractivity contribution in [1.82, 2.24) is 14.3 Å². The Kier molecular flexibility index (Phi) is 3.44. The molecule has 0 aliphatic rings. The normalized spacial score (nSPS) is 11.1. The van der Waals surface area contributed by atoms with Gasteiger partial charge in [-0.3, -0.25) is 4.79 Å². The lowest BCUT2D eigenvalue weighted by molar-refractivity contribution is 0.243. The number of carbonyl (C=O) groups is 1. The summed E-state index contributed by atoms with van der Waals surface area (Å²) in [5.74, 6) is 0. The van der Waals surface area contributed by atoms with Gasteiger partial charge in [0.25, 0.3) is 5.56 Å². The maximum Gasteiger partial charge on any atom is 0.338 e. The predicted molar refractivity (Wildman–Crippen MR) is 93.3 cm³/mol. The van der Waals surface area contributed by atoms with E-state index in [0.29, 0.717) is 16.8 Å². The second-order valence-corrected chi connectivity index (χ2v) is 6.81. The van der Waals surface area contributed by atoms with Gasteiger partial charge in [0.05, 0.1) is 5.39 Å². The van der Waals surface area contributed by atoms with Gasteiger partial charge in [-0.1, -0.05) is 18.2 Å². The first kappa shape index (κ1) is 14.1. The first-order chi connectivity index (χ1) is 11.2. The number of hydrogen-bond donors (Lipinski definition) is 1. The molecule has 7 heteroatoms. The Morgan fingerprint density at radius 1 is 1.17 bits per heavy atom. The van der Waals surface area contributed by atoms with Crippen LogP contribution in [0.5, 0.6) is 0 Å². The number of rotatable bonds is 2. The molecule has 0 atom stereocenters. The Balaban J connectivity index is 1.60. The maximum atomic E-state index is 12.3. The topological polar surface area (TPSA) is 64.0 Å². The van der Waals surface area contributed by atoms with Gasteiger partial charge in [-0.2, -0.15) is 3.96 Å². The van der Waals surface area contributed by atoms with Crippen molar-refractivity contribution < 1.29 is 4.79 Å². The number of aromatic nitrogens is 2. The molecule has 0 bridgehead atoms. The molecule has 5 nitrogen and oxygen atoms in total. The standard InChI is InChI=1S/C16H11N3O2S2/c20-15-12-5-3-7-17-14(12)23-19(15)16(21)18-8-10-9-22-13-6-2-1-4-11(10)13/h1-7,9H,8H2,(H,18,21). The lowest BCUT2D eigenvalue weighted by atomic mass is 10.2. The first-order valence-corrected chi connectivity index (χ1v) is 8.60. The highest BCUT2D eigenvalue weighted by molar-refractivity contribution is 7.17. The fraction of sp³-hybridized carbons (Fsp3) is 0.0625. The third kappa shape index (κ3) is 2.43.